The Bertz CT molecular complexity index is 897. The van der Waals surface area contributed by atoms with Crippen LogP contribution < -0.4 is 4.74 Å². The van der Waals surface area contributed by atoms with Crippen LogP contribution in [0.2, 0.25) is 0 Å². The number of likely N-dealkylation sites (N-methyl/N-ethyl adjacent to an activating group) is 1. The van der Waals surface area contributed by atoms with Crippen molar-refractivity contribution < 1.29 is 13.9 Å². The van der Waals surface area contributed by atoms with Crippen molar-refractivity contribution in [1.82, 2.24) is 4.90 Å². The van der Waals surface area contributed by atoms with Crippen LogP contribution in [0.15, 0.2) is 65.3 Å². The van der Waals surface area contributed by atoms with E-state index in [2.05, 4.69) is 25.1 Å². The highest BCUT2D eigenvalue weighted by Crippen LogP contribution is 2.29. The second-order valence-electron chi connectivity index (χ2n) is 6.15. The summed E-state index contributed by atoms with van der Waals surface area (Å²) < 4.78 is 11.1. The molecule has 4 heteroatoms. The minimum atomic E-state index is -0.0872. The van der Waals surface area contributed by atoms with Crippen molar-refractivity contribution in [2.24, 2.45) is 0 Å². The minimum absolute atomic E-state index is 0.0872. The molecule has 3 rings (SSSR count). The fourth-order valence-electron chi connectivity index (χ4n) is 2.81. The number of nitrogens with zero attached hydrogens (tertiary/aromatic N) is 1. The van der Waals surface area contributed by atoms with E-state index < -0.39 is 0 Å². The molecule has 4 nitrogen and oxygen atoms in total. The summed E-state index contributed by atoms with van der Waals surface area (Å²) in [7, 11) is 1.79. The highest BCUT2D eigenvalue weighted by Gasteiger charge is 2.14. The lowest BCUT2D eigenvalue weighted by Gasteiger charge is -2.20. The third kappa shape index (κ3) is 4.14. The molecule has 0 N–H and O–H groups in total. The maximum atomic E-state index is 12.5. The Balaban J connectivity index is 1.84. The molecule has 0 aliphatic carbocycles. The lowest BCUT2D eigenvalue weighted by atomic mass is 10.0. The van der Waals surface area contributed by atoms with Crippen molar-refractivity contribution in [3.05, 3.63) is 72.2 Å². The normalized spacial score (nSPS) is 11.2. The Morgan fingerprint density at radius 3 is 2.77 bits per heavy atom. The van der Waals surface area contributed by atoms with Gasteiger partial charge in [-0.15, -0.1) is 0 Å². The van der Waals surface area contributed by atoms with Crippen molar-refractivity contribution in [2.45, 2.75) is 19.9 Å². The average Bonchev–Trinajstić information content (AvgIpc) is 3.19. The zero-order chi connectivity index (χ0) is 18.4. The standard InChI is InChI=1S/C22H23NO3/c1-3-14-26-21-12-10-17-7-4-5-9-19(17)20(21)16-23(2)22(24)13-11-18-8-6-15-25-18/h4-13,15H,3,14,16H2,1-2H3. The topological polar surface area (TPSA) is 42.7 Å². The molecular formula is C22H23NO3. The molecule has 0 saturated carbocycles. The Hall–Kier alpha value is -3.01. The number of ether oxygens (including phenoxy) is 1. The number of hydrogen-bond acceptors (Lipinski definition) is 3. The average molecular weight is 349 g/mol. The summed E-state index contributed by atoms with van der Waals surface area (Å²) >= 11 is 0. The monoisotopic (exact) mass is 349 g/mol. The number of carbonyl (C=O) groups excluding carboxylic acids is 1. The lowest BCUT2D eigenvalue weighted by Crippen LogP contribution is -2.24. The predicted molar refractivity (Wildman–Crippen MR) is 104 cm³/mol. The molecule has 0 atom stereocenters. The summed E-state index contributed by atoms with van der Waals surface area (Å²) in [6.07, 6.45) is 5.72. The van der Waals surface area contributed by atoms with Gasteiger partial charge in [0.05, 0.1) is 12.9 Å². The SMILES string of the molecule is CCCOc1ccc2ccccc2c1CN(C)C(=O)C=Cc1ccco1. The van der Waals surface area contributed by atoms with Crippen molar-refractivity contribution in [2.75, 3.05) is 13.7 Å². The molecule has 0 fully saturated rings. The third-order valence-corrected chi connectivity index (χ3v) is 4.16. The van der Waals surface area contributed by atoms with Gasteiger partial charge in [0.1, 0.15) is 11.5 Å². The maximum absolute atomic E-state index is 12.5. The number of fused-ring (bicyclic) bond motifs is 1. The Morgan fingerprint density at radius 2 is 2.00 bits per heavy atom. The lowest BCUT2D eigenvalue weighted by molar-refractivity contribution is -0.125. The van der Waals surface area contributed by atoms with E-state index in [1.165, 1.54) is 6.08 Å². The first kappa shape index (κ1) is 17.8. The Morgan fingerprint density at radius 1 is 1.15 bits per heavy atom. The van der Waals surface area contributed by atoms with Gasteiger partial charge in [0.25, 0.3) is 0 Å². The summed E-state index contributed by atoms with van der Waals surface area (Å²) in [5.74, 6) is 1.40. The van der Waals surface area contributed by atoms with Crippen molar-refractivity contribution in [3.8, 4) is 5.75 Å². The molecule has 0 saturated heterocycles. The first-order valence-corrected chi connectivity index (χ1v) is 8.79. The van der Waals surface area contributed by atoms with Gasteiger partial charge < -0.3 is 14.1 Å². The van der Waals surface area contributed by atoms with E-state index in [1.54, 1.807) is 30.4 Å². The first-order chi connectivity index (χ1) is 12.7. The predicted octanol–water partition coefficient (Wildman–Crippen LogP) is 4.89. The number of rotatable bonds is 7. The first-order valence-electron chi connectivity index (χ1n) is 8.79. The quantitative estimate of drug-likeness (QED) is 0.570. The molecule has 0 unspecified atom stereocenters. The van der Waals surface area contributed by atoms with Crippen LogP contribution in [-0.4, -0.2) is 24.5 Å². The molecule has 1 amide bonds. The summed E-state index contributed by atoms with van der Waals surface area (Å²) in [5, 5.41) is 2.24. The molecule has 0 bridgehead atoms. The molecule has 2 aromatic carbocycles. The molecule has 134 valence electrons. The number of furan rings is 1. The Kier molecular flexibility index (Phi) is 5.74. The molecular weight excluding hydrogens is 326 g/mol. The van der Waals surface area contributed by atoms with Gasteiger partial charge in [-0.1, -0.05) is 37.3 Å². The van der Waals surface area contributed by atoms with Gasteiger partial charge in [-0.05, 0) is 41.5 Å². The largest absolute Gasteiger partial charge is 0.493 e. The van der Waals surface area contributed by atoms with Gasteiger partial charge >= 0.3 is 0 Å². The zero-order valence-electron chi connectivity index (χ0n) is 15.1. The molecule has 0 radical (unpaired) electrons. The van der Waals surface area contributed by atoms with E-state index in [0.29, 0.717) is 18.9 Å². The summed E-state index contributed by atoms with van der Waals surface area (Å²) in [5.41, 5.74) is 1.03. The van der Waals surface area contributed by atoms with Gasteiger partial charge in [0.2, 0.25) is 5.91 Å². The molecule has 1 heterocycles. The molecule has 3 aromatic rings. The van der Waals surface area contributed by atoms with Gasteiger partial charge in [-0.25, -0.2) is 0 Å². The van der Waals surface area contributed by atoms with E-state index in [4.69, 9.17) is 9.15 Å². The van der Waals surface area contributed by atoms with Crippen molar-refractivity contribution >= 4 is 22.8 Å². The zero-order valence-corrected chi connectivity index (χ0v) is 15.1. The molecule has 0 aliphatic rings. The summed E-state index contributed by atoms with van der Waals surface area (Å²) in [4.78, 5) is 14.1. The van der Waals surface area contributed by atoms with E-state index in [-0.39, 0.29) is 5.91 Å². The molecule has 0 aliphatic heterocycles. The second kappa shape index (κ2) is 8.39. The fourth-order valence-corrected chi connectivity index (χ4v) is 2.81. The van der Waals surface area contributed by atoms with Crippen LogP contribution in [0.25, 0.3) is 16.8 Å². The van der Waals surface area contributed by atoms with E-state index in [1.807, 2.05) is 24.3 Å². The number of carbonyl (C=O) groups is 1. The van der Waals surface area contributed by atoms with E-state index >= 15 is 0 Å². The van der Waals surface area contributed by atoms with E-state index in [9.17, 15) is 4.79 Å². The van der Waals surface area contributed by atoms with E-state index in [0.717, 1.165) is 28.5 Å². The van der Waals surface area contributed by atoms with Crippen molar-refractivity contribution in [3.63, 3.8) is 0 Å². The number of benzene rings is 2. The van der Waals surface area contributed by atoms with Gasteiger partial charge in [0.15, 0.2) is 0 Å². The van der Waals surface area contributed by atoms with Crippen LogP contribution in [0.5, 0.6) is 5.75 Å². The highest BCUT2D eigenvalue weighted by molar-refractivity contribution is 5.92. The van der Waals surface area contributed by atoms with Crippen LogP contribution >= 0.6 is 0 Å². The number of amides is 1. The highest BCUT2D eigenvalue weighted by atomic mass is 16.5. The summed E-state index contributed by atoms with van der Waals surface area (Å²) in [6.45, 7) is 3.21. The van der Waals surface area contributed by atoms with Crippen LogP contribution in [0, 0.1) is 0 Å². The van der Waals surface area contributed by atoms with Crippen molar-refractivity contribution in [1.29, 1.82) is 0 Å². The third-order valence-electron chi connectivity index (χ3n) is 4.16. The maximum Gasteiger partial charge on any atom is 0.246 e. The minimum Gasteiger partial charge on any atom is -0.493 e. The van der Waals surface area contributed by atoms with Gasteiger partial charge in [0, 0.05) is 25.2 Å². The van der Waals surface area contributed by atoms with Crippen LogP contribution in [0.3, 0.4) is 0 Å². The van der Waals surface area contributed by atoms with Crippen LogP contribution in [0.4, 0.5) is 0 Å². The molecule has 0 spiro atoms. The summed E-state index contributed by atoms with van der Waals surface area (Å²) in [6, 6.07) is 15.8. The molecule has 1 aromatic heterocycles. The second-order valence-corrected chi connectivity index (χ2v) is 6.15. The van der Waals surface area contributed by atoms with Crippen LogP contribution in [0.1, 0.15) is 24.7 Å². The smallest absolute Gasteiger partial charge is 0.246 e. The fraction of sp³-hybridized carbons (Fsp3) is 0.227. The van der Waals surface area contributed by atoms with Crippen LogP contribution in [-0.2, 0) is 11.3 Å². The van der Waals surface area contributed by atoms with Gasteiger partial charge in [-0.3, -0.25) is 4.79 Å². The molecule has 26 heavy (non-hydrogen) atoms. The Labute approximate surface area is 153 Å². The van der Waals surface area contributed by atoms with Gasteiger partial charge in [-0.2, -0.15) is 0 Å². The number of hydrogen-bond donors (Lipinski definition) is 0.